The zero-order valence-electron chi connectivity index (χ0n) is 22.4. The van der Waals surface area contributed by atoms with E-state index in [0.717, 1.165) is 6.42 Å². The van der Waals surface area contributed by atoms with Crippen molar-refractivity contribution in [1.29, 1.82) is 0 Å². The van der Waals surface area contributed by atoms with Crippen LogP contribution in [0.25, 0.3) is 0 Å². The Hall–Kier alpha value is -0.840. The standard InChI is InChI=1S/C26H47NO3S/c1-17(2)23(6,7)16-26(12,13)31-18-14-19(28)27(20(18)29)25(10,11)15-24(8,9)21(30)22(3,4)5/h17-18H,14-16H2,1-13H3. The van der Waals surface area contributed by atoms with Crippen molar-refractivity contribution < 1.29 is 14.4 Å². The highest BCUT2D eigenvalue weighted by molar-refractivity contribution is 8.02. The fourth-order valence-corrected chi connectivity index (χ4v) is 6.97. The molecule has 0 aromatic heterocycles. The van der Waals surface area contributed by atoms with Crippen LogP contribution in [0.3, 0.4) is 0 Å². The lowest BCUT2D eigenvalue weighted by atomic mass is 9.69. The summed E-state index contributed by atoms with van der Waals surface area (Å²) in [6.07, 6.45) is 1.66. The highest BCUT2D eigenvalue weighted by atomic mass is 32.2. The van der Waals surface area contributed by atoms with Crippen LogP contribution in [0.2, 0.25) is 0 Å². The van der Waals surface area contributed by atoms with Gasteiger partial charge in [-0.25, -0.2) is 0 Å². The van der Waals surface area contributed by atoms with E-state index in [1.165, 1.54) is 4.90 Å². The second-order valence-electron chi connectivity index (χ2n) is 13.4. The minimum absolute atomic E-state index is 0.102. The first-order chi connectivity index (χ1) is 13.5. The quantitative estimate of drug-likeness (QED) is 0.373. The molecule has 0 bridgehead atoms. The van der Waals surface area contributed by atoms with E-state index in [0.29, 0.717) is 12.3 Å². The molecule has 0 aromatic rings. The van der Waals surface area contributed by atoms with Crippen LogP contribution in [0.5, 0.6) is 0 Å². The molecule has 31 heavy (non-hydrogen) atoms. The molecule has 0 N–H and O–H groups in total. The molecule has 0 aliphatic carbocycles. The number of ketones is 1. The summed E-state index contributed by atoms with van der Waals surface area (Å²) in [5, 5.41) is -0.355. The highest BCUT2D eigenvalue weighted by Gasteiger charge is 2.51. The molecule has 2 amide bonds. The second-order valence-corrected chi connectivity index (χ2v) is 15.3. The predicted molar refractivity (Wildman–Crippen MR) is 132 cm³/mol. The SMILES string of the molecule is CC(C)C(C)(C)CC(C)(C)SC1CC(=O)N(C(C)(C)CC(C)(C)C(=O)C(C)(C)C)C1=O. The van der Waals surface area contributed by atoms with Gasteiger partial charge in [0.25, 0.3) is 0 Å². The van der Waals surface area contributed by atoms with E-state index in [4.69, 9.17) is 0 Å². The van der Waals surface area contributed by atoms with Crippen LogP contribution in [-0.4, -0.2) is 38.0 Å². The molecule has 1 aliphatic heterocycles. The zero-order chi connectivity index (χ0) is 24.8. The molecular weight excluding hydrogens is 406 g/mol. The molecular formula is C26H47NO3S. The van der Waals surface area contributed by atoms with Gasteiger partial charge in [-0.05, 0) is 38.0 Å². The maximum absolute atomic E-state index is 13.4. The molecule has 1 fully saturated rings. The number of thioether (sulfide) groups is 1. The normalized spacial score (nSPS) is 19.5. The van der Waals surface area contributed by atoms with Crippen molar-refractivity contribution in [2.75, 3.05) is 0 Å². The number of imide groups is 1. The van der Waals surface area contributed by atoms with Gasteiger partial charge in [0.2, 0.25) is 11.8 Å². The van der Waals surface area contributed by atoms with Gasteiger partial charge in [-0.2, -0.15) is 0 Å². The lowest BCUT2D eigenvalue weighted by Crippen LogP contribution is -2.52. The largest absolute Gasteiger partial charge is 0.299 e. The Morgan fingerprint density at radius 2 is 1.42 bits per heavy atom. The summed E-state index contributed by atoms with van der Waals surface area (Å²) < 4.78 is -0.115. The second kappa shape index (κ2) is 8.83. The van der Waals surface area contributed by atoms with Crippen molar-refractivity contribution >= 4 is 29.4 Å². The van der Waals surface area contributed by atoms with Crippen LogP contribution in [-0.2, 0) is 14.4 Å². The van der Waals surface area contributed by atoms with Crippen LogP contribution in [0.15, 0.2) is 0 Å². The van der Waals surface area contributed by atoms with Gasteiger partial charge in [0.1, 0.15) is 5.78 Å². The number of rotatable bonds is 9. The van der Waals surface area contributed by atoms with Gasteiger partial charge in [-0.15, -0.1) is 11.8 Å². The predicted octanol–water partition coefficient (Wildman–Crippen LogP) is 6.51. The number of likely N-dealkylation sites (tertiary alicyclic amines) is 1. The lowest BCUT2D eigenvalue weighted by Gasteiger charge is -2.42. The monoisotopic (exact) mass is 453 g/mol. The summed E-state index contributed by atoms with van der Waals surface area (Å²) in [4.78, 5) is 40.8. The van der Waals surface area contributed by atoms with Gasteiger partial charge in [0, 0.05) is 27.5 Å². The summed E-state index contributed by atoms with van der Waals surface area (Å²) in [5.74, 6) is 0.460. The van der Waals surface area contributed by atoms with Gasteiger partial charge in [-0.3, -0.25) is 19.3 Å². The number of amides is 2. The summed E-state index contributed by atoms with van der Waals surface area (Å²) in [6, 6.07) is 0. The Balaban J connectivity index is 3.04. The fraction of sp³-hybridized carbons (Fsp3) is 0.885. The van der Waals surface area contributed by atoms with Gasteiger partial charge in [-0.1, -0.05) is 76.2 Å². The molecule has 1 rings (SSSR count). The first kappa shape index (κ1) is 28.2. The number of nitrogens with zero attached hydrogens (tertiary/aromatic N) is 1. The minimum atomic E-state index is -0.713. The van der Waals surface area contributed by atoms with Crippen LogP contribution in [0.4, 0.5) is 0 Å². The molecule has 0 aromatic carbocycles. The average Bonchev–Trinajstić information content (AvgIpc) is 2.76. The molecule has 1 aliphatic rings. The number of carbonyl (C=O) groups excluding carboxylic acids is 3. The molecule has 1 atom stereocenters. The third-order valence-electron chi connectivity index (χ3n) is 6.79. The molecule has 180 valence electrons. The summed E-state index contributed by atoms with van der Waals surface area (Å²) >= 11 is 1.64. The smallest absolute Gasteiger partial charge is 0.243 e. The third kappa shape index (κ3) is 6.82. The molecule has 4 nitrogen and oxygen atoms in total. The summed E-state index contributed by atoms with van der Waals surface area (Å²) in [7, 11) is 0. The summed E-state index contributed by atoms with van der Waals surface area (Å²) in [5.41, 5.74) is -1.66. The number of carbonyl (C=O) groups is 3. The molecule has 0 spiro atoms. The topological polar surface area (TPSA) is 54.5 Å². The Bertz CT molecular complexity index is 711. The van der Waals surface area contributed by atoms with Crippen molar-refractivity contribution in [2.45, 2.75) is 125 Å². The van der Waals surface area contributed by atoms with Crippen LogP contribution < -0.4 is 0 Å². The van der Waals surface area contributed by atoms with Gasteiger partial charge < -0.3 is 0 Å². The molecule has 1 heterocycles. The molecule has 1 saturated heterocycles. The van der Waals surface area contributed by atoms with Gasteiger partial charge >= 0.3 is 0 Å². The van der Waals surface area contributed by atoms with E-state index in [-0.39, 0.29) is 39.4 Å². The number of hydrogen-bond donors (Lipinski definition) is 0. The van der Waals surface area contributed by atoms with Crippen molar-refractivity contribution in [1.82, 2.24) is 4.90 Å². The third-order valence-corrected chi connectivity index (χ3v) is 8.22. The minimum Gasteiger partial charge on any atom is -0.299 e. The van der Waals surface area contributed by atoms with Crippen molar-refractivity contribution in [2.24, 2.45) is 22.2 Å². The van der Waals surface area contributed by atoms with Crippen molar-refractivity contribution in [3.8, 4) is 0 Å². The number of hydrogen-bond acceptors (Lipinski definition) is 4. The van der Waals surface area contributed by atoms with Crippen LogP contribution in [0, 0.1) is 22.2 Å². The van der Waals surface area contributed by atoms with Gasteiger partial charge in [0.05, 0.1) is 5.25 Å². The van der Waals surface area contributed by atoms with E-state index >= 15 is 0 Å². The van der Waals surface area contributed by atoms with Crippen LogP contribution in [0.1, 0.15) is 109 Å². The maximum atomic E-state index is 13.4. The highest BCUT2D eigenvalue weighted by Crippen LogP contribution is 2.46. The van der Waals surface area contributed by atoms with Crippen molar-refractivity contribution in [3.63, 3.8) is 0 Å². The van der Waals surface area contributed by atoms with E-state index < -0.39 is 16.4 Å². The lowest BCUT2D eigenvalue weighted by molar-refractivity contribution is -0.148. The summed E-state index contributed by atoms with van der Waals surface area (Å²) in [6.45, 7) is 26.8. The fourth-order valence-electron chi connectivity index (χ4n) is 5.32. The van der Waals surface area contributed by atoms with E-state index in [1.807, 2.05) is 48.5 Å². The Kier molecular flexibility index (Phi) is 8.03. The van der Waals surface area contributed by atoms with E-state index in [1.54, 1.807) is 11.8 Å². The molecule has 1 unspecified atom stereocenters. The average molecular weight is 454 g/mol. The van der Waals surface area contributed by atoms with Crippen LogP contribution >= 0.6 is 11.8 Å². The van der Waals surface area contributed by atoms with E-state index in [2.05, 4.69) is 41.5 Å². The van der Waals surface area contributed by atoms with Crippen molar-refractivity contribution in [3.05, 3.63) is 0 Å². The van der Waals surface area contributed by atoms with E-state index in [9.17, 15) is 14.4 Å². The molecule has 5 heteroatoms. The maximum Gasteiger partial charge on any atom is 0.243 e. The first-order valence-corrected chi connectivity index (χ1v) is 12.5. The zero-order valence-corrected chi connectivity index (χ0v) is 23.2. The Labute approximate surface area is 195 Å². The first-order valence-electron chi connectivity index (χ1n) is 11.6. The Morgan fingerprint density at radius 3 is 1.84 bits per heavy atom. The van der Waals surface area contributed by atoms with Gasteiger partial charge in [0.15, 0.2) is 0 Å². The molecule has 0 saturated carbocycles. The Morgan fingerprint density at radius 1 is 0.935 bits per heavy atom. The number of Topliss-reactive ketones (excluding diaryl/α,β-unsaturated/α-hetero) is 1. The molecule has 0 radical (unpaired) electrons.